The van der Waals surface area contributed by atoms with Gasteiger partial charge in [-0.2, -0.15) is 0 Å². The Kier molecular flexibility index (Phi) is 6.16. The summed E-state index contributed by atoms with van der Waals surface area (Å²) in [6.07, 6.45) is 0. The monoisotopic (exact) mass is 417 g/mol. The predicted octanol–water partition coefficient (Wildman–Crippen LogP) is 0.710. The number of nitrogens with two attached hydrogens (primary N) is 2. The van der Waals surface area contributed by atoms with Crippen LogP contribution in [-0.2, 0) is 14.8 Å². The SMILES string of the molecule is NC(=O)[C@H](c1ccccc1)N1CCN(C(=O)Nc2ccc(S(N)(=O)=O)cc2)CC1. The second-order valence-electron chi connectivity index (χ2n) is 6.74. The Morgan fingerprint density at radius 1 is 0.931 bits per heavy atom. The molecule has 0 saturated carbocycles. The molecule has 1 aliphatic rings. The maximum atomic E-state index is 12.5. The molecule has 0 radical (unpaired) electrons. The van der Waals surface area contributed by atoms with E-state index in [4.69, 9.17) is 10.9 Å². The molecular weight excluding hydrogens is 394 g/mol. The summed E-state index contributed by atoms with van der Waals surface area (Å²) in [4.78, 5) is 28.0. The molecule has 0 unspecified atom stereocenters. The minimum Gasteiger partial charge on any atom is -0.368 e. The van der Waals surface area contributed by atoms with Gasteiger partial charge < -0.3 is 16.0 Å². The average molecular weight is 417 g/mol. The van der Waals surface area contributed by atoms with Crippen molar-refractivity contribution in [1.82, 2.24) is 9.80 Å². The van der Waals surface area contributed by atoms with Crippen LogP contribution in [0.5, 0.6) is 0 Å². The van der Waals surface area contributed by atoms with Crippen molar-refractivity contribution < 1.29 is 18.0 Å². The first-order chi connectivity index (χ1) is 13.8. The highest BCUT2D eigenvalue weighted by molar-refractivity contribution is 7.89. The van der Waals surface area contributed by atoms with Gasteiger partial charge in [-0.3, -0.25) is 9.69 Å². The number of rotatable bonds is 5. The van der Waals surface area contributed by atoms with E-state index >= 15 is 0 Å². The molecule has 2 aromatic carbocycles. The fourth-order valence-corrected chi connectivity index (χ4v) is 3.82. The lowest BCUT2D eigenvalue weighted by atomic mass is 10.0. The number of hydrogen-bond donors (Lipinski definition) is 3. The lowest BCUT2D eigenvalue weighted by molar-refractivity contribution is -0.124. The lowest BCUT2D eigenvalue weighted by Gasteiger charge is -2.38. The number of primary sulfonamides is 1. The zero-order chi connectivity index (χ0) is 21.0. The van der Waals surface area contributed by atoms with Crippen LogP contribution in [0.2, 0.25) is 0 Å². The Hall–Kier alpha value is -2.95. The van der Waals surface area contributed by atoms with Crippen molar-refractivity contribution in [3.8, 4) is 0 Å². The summed E-state index contributed by atoms with van der Waals surface area (Å²) in [6, 6.07) is 14.1. The zero-order valence-electron chi connectivity index (χ0n) is 15.7. The first-order valence-corrected chi connectivity index (χ1v) is 10.6. The van der Waals surface area contributed by atoms with Crippen molar-refractivity contribution in [2.24, 2.45) is 10.9 Å². The van der Waals surface area contributed by atoms with Gasteiger partial charge in [-0.15, -0.1) is 0 Å². The fourth-order valence-electron chi connectivity index (χ4n) is 3.30. The summed E-state index contributed by atoms with van der Waals surface area (Å²) >= 11 is 0. The molecule has 0 aliphatic carbocycles. The maximum Gasteiger partial charge on any atom is 0.321 e. The quantitative estimate of drug-likeness (QED) is 0.657. The fraction of sp³-hybridized carbons (Fsp3) is 0.263. The van der Waals surface area contributed by atoms with Crippen LogP contribution in [0.3, 0.4) is 0 Å². The van der Waals surface area contributed by atoms with Crippen molar-refractivity contribution >= 4 is 27.6 Å². The summed E-state index contributed by atoms with van der Waals surface area (Å²) in [5, 5.41) is 7.79. The highest BCUT2D eigenvalue weighted by Crippen LogP contribution is 2.22. The molecule has 29 heavy (non-hydrogen) atoms. The highest BCUT2D eigenvalue weighted by atomic mass is 32.2. The Bertz CT molecular complexity index is 971. The van der Waals surface area contributed by atoms with Gasteiger partial charge in [0.15, 0.2) is 0 Å². The van der Waals surface area contributed by atoms with Gasteiger partial charge in [-0.1, -0.05) is 30.3 Å². The molecule has 1 saturated heterocycles. The number of nitrogens with zero attached hydrogens (tertiary/aromatic N) is 2. The maximum absolute atomic E-state index is 12.5. The molecule has 154 valence electrons. The molecule has 1 atom stereocenters. The van der Waals surface area contributed by atoms with Crippen LogP contribution in [0, 0.1) is 0 Å². The summed E-state index contributed by atoms with van der Waals surface area (Å²) < 4.78 is 22.6. The summed E-state index contributed by atoms with van der Waals surface area (Å²) in [7, 11) is -3.78. The zero-order valence-corrected chi connectivity index (χ0v) is 16.5. The van der Waals surface area contributed by atoms with Crippen LogP contribution in [0.15, 0.2) is 59.5 Å². The minimum atomic E-state index is -3.78. The third-order valence-corrected chi connectivity index (χ3v) is 5.71. The van der Waals surface area contributed by atoms with Gasteiger partial charge >= 0.3 is 6.03 Å². The van der Waals surface area contributed by atoms with Gasteiger partial charge in [-0.25, -0.2) is 18.4 Å². The Morgan fingerprint density at radius 2 is 1.52 bits per heavy atom. The van der Waals surface area contributed by atoms with E-state index in [0.717, 1.165) is 5.56 Å². The van der Waals surface area contributed by atoms with Crippen LogP contribution in [0.1, 0.15) is 11.6 Å². The third-order valence-electron chi connectivity index (χ3n) is 4.79. The number of amides is 3. The standard InChI is InChI=1S/C19H23N5O4S/c20-18(25)17(14-4-2-1-3-5-14)23-10-12-24(13-11-23)19(26)22-15-6-8-16(9-7-15)29(21,27)28/h1-9,17H,10-13H2,(H2,20,25)(H,22,26)(H2,21,27,28)/t17-/m0/s1. The number of carbonyl (C=O) groups is 2. The molecule has 1 aliphatic heterocycles. The van der Waals surface area contributed by atoms with Gasteiger partial charge in [0, 0.05) is 31.9 Å². The molecule has 0 bridgehead atoms. The van der Waals surface area contributed by atoms with E-state index in [1.807, 2.05) is 35.2 Å². The molecule has 3 amide bonds. The molecule has 1 fully saturated rings. The molecule has 2 aromatic rings. The summed E-state index contributed by atoms with van der Waals surface area (Å²) in [5.74, 6) is -0.427. The first-order valence-electron chi connectivity index (χ1n) is 9.03. The molecule has 0 aromatic heterocycles. The van der Waals surface area contributed by atoms with E-state index < -0.39 is 22.0 Å². The summed E-state index contributed by atoms with van der Waals surface area (Å²) in [5.41, 5.74) is 6.90. The Balaban J connectivity index is 1.60. The van der Waals surface area contributed by atoms with Crippen molar-refractivity contribution in [2.75, 3.05) is 31.5 Å². The average Bonchev–Trinajstić information content (AvgIpc) is 2.69. The Morgan fingerprint density at radius 3 is 2.03 bits per heavy atom. The van der Waals surface area contributed by atoms with Crippen molar-refractivity contribution in [1.29, 1.82) is 0 Å². The number of benzene rings is 2. The number of primary amides is 1. The summed E-state index contributed by atoms with van der Waals surface area (Å²) in [6.45, 7) is 1.86. The molecular formula is C19H23N5O4S. The van der Waals surface area contributed by atoms with E-state index in [1.54, 1.807) is 4.90 Å². The molecule has 5 N–H and O–H groups in total. The first kappa shape index (κ1) is 20.8. The largest absolute Gasteiger partial charge is 0.368 e. The number of hydrogen-bond acceptors (Lipinski definition) is 5. The van der Waals surface area contributed by atoms with Crippen LogP contribution in [-0.4, -0.2) is 56.3 Å². The van der Waals surface area contributed by atoms with Gasteiger partial charge in [0.05, 0.1) is 4.90 Å². The van der Waals surface area contributed by atoms with Gasteiger partial charge in [0.25, 0.3) is 0 Å². The van der Waals surface area contributed by atoms with E-state index in [0.29, 0.717) is 31.9 Å². The number of anilines is 1. The van der Waals surface area contributed by atoms with Crippen molar-refractivity contribution in [3.63, 3.8) is 0 Å². The number of urea groups is 1. The van der Waals surface area contributed by atoms with E-state index in [2.05, 4.69) is 5.32 Å². The molecule has 9 nitrogen and oxygen atoms in total. The molecule has 3 rings (SSSR count). The van der Waals surface area contributed by atoms with E-state index in [-0.39, 0.29) is 10.9 Å². The second-order valence-corrected chi connectivity index (χ2v) is 8.30. The van der Waals surface area contributed by atoms with Crippen LogP contribution in [0.25, 0.3) is 0 Å². The smallest absolute Gasteiger partial charge is 0.321 e. The molecule has 1 heterocycles. The van der Waals surface area contributed by atoms with Crippen molar-refractivity contribution in [3.05, 3.63) is 60.2 Å². The molecule has 0 spiro atoms. The van der Waals surface area contributed by atoms with E-state index in [9.17, 15) is 18.0 Å². The van der Waals surface area contributed by atoms with Crippen LogP contribution in [0.4, 0.5) is 10.5 Å². The second kappa shape index (κ2) is 8.60. The normalized spacial score (nSPS) is 16.2. The highest BCUT2D eigenvalue weighted by Gasteiger charge is 2.30. The molecule has 10 heteroatoms. The van der Waals surface area contributed by atoms with Gasteiger partial charge in [-0.05, 0) is 29.8 Å². The van der Waals surface area contributed by atoms with Crippen molar-refractivity contribution in [2.45, 2.75) is 10.9 Å². The number of nitrogens with one attached hydrogen (secondary N) is 1. The predicted molar refractivity (Wildman–Crippen MR) is 108 cm³/mol. The van der Waals surface area contributed by atoms with E-state index in [1.165, 1.54) is 24.3 Å². The van der Waals surface area contributed by atoms with Gasteiger partial charge in [0.1, 0.15) is 6.04 Å². The van der Waals surface area contributed by atoms with Crippen LogP contribution < -0.4 is 16.2 Å². The van der Waals surface area contributed by atoms with Crippen LogP contribution >= 0.6 is 0 Å². The third kappa shape index (κ3) is 5.11. The lowest BCUT2D eigenvalue weighted by Crippen LogP contribution is -2.52. The topological polar surface area (TPSA) is 139 Å². The van der Waals surface area contributed by atoms with Gasteiger partial charge in [0.2, 0.25) is 15.9 Å². The number of sulfonamides is 1. The number of piperazine rings is 1. The number of carbonyl (C=O) groups excluding carboxylic acids is 2. The Labute approximate surface area is 169 Å². The minimum absolute atomic E-state index is 0.0254.